The molecule has 2 N–H and O–H groups in total. The number of rotatable bonds is 5. The smallest absolute Gasteiger partial charge is 0.255 e. The molecule has 2 aromatic carbocycles. The Morgan fingerprint density at radius 2 is 2.15 bits per heavy atom. The summed E-state index contributed by atoms with van der Waals surface area (Å²) in [6.07, 6.45) is 1.55. The van der Waals surface area contributed by atoms with Gasteiger partial charge < -0.3 is 14.5 Å². The maximum Gasteiger partial charge on any atom is 0.255 e. The highest BCUT2D eigenvalue weighted by Crippen LogP contribution is 2.31. The van der Waals surface area contributed by atoms with E-state index in [9.17, 15) is 9.18 Å². The summed E-state index contributed by atoms with van der Waals surface area (Å²) < 4.78 is 24.2. The number of carbonyl (C=O) groups excluding carboxylic acids is 1. The van der Waals surface area contributed by atoms with Crippen LogP contribution < -0.4 is 10.1 Å². The van der Waals surface area contributed by atoms with Crippen molar-refractivity contribution in [1.82, 2.24) is 15.5 Å². The summed E-state index contributed by atoms with van der Waals surface area (Å²) in [7, 11) is 1.49. The van der Waals surface area contributed by atoms with Crippen LogP contribution in [0, 0.1) is 5.82 Å². The zero-order valence-corrected chi connectivity index (χ0v) is 14.5. The average molecular weight is 365 g/mol. The van der Waals surface area contributed by atoms with Crippen molar-refractivity contribution in [2.75, 3.05) is 7.11 Å². The maximum absolute atomic E-state index is 13.6. The van der Waals surface area contributed by atoms with E-state index in [1.165, 1.54) is 19.2 Å². The number of fused-ring (bicyclic) bond motifs is 1. The summed E-state index contributed by atoms with van der Waals surface area (Å²) in [5.74, 6) is 0.395. The predicted molar refractivity (Wildman–Crippen MR) is 97.9 cm³/mol. The van der Waals surface area contributed by atoms with Gasteiger partial charge >= 0.3 is 0 Å². The minimum absolute atomic E-state index is 0.259. The Morgan fingerprint density at radius 3 is 2.89 bits per heavy atom. The third kappa shape index (κ3) is 3.27. The number of furan rings is 1. The zero-order chi connectivity index (χ0) is 18.8. The van der Waals surface area contributed by atoms with Gasteiger partial charge in [-0.1, -0.05) is 12.1 Å². The van der Waals surface area contributed by atoms with E-state index >= 15 is 0 Å². The third-order valence-electron chi connectivity index (χ3n) is 4.23. The second kappa shape index (κ2) is 6.95. The number of nitrogens with zero attached hydrogens (tertiary/aromatic N) is 1. The highest BCUT2D eigenvalue weighted by atomic mass is 19.1. The van der Waals surface area contributed by atoms with Gasteiger partial charge in [-0.15, -0.1) is 0 Å². The van der Waals surface area contributed by atoms with Gasteiger partial charge in [0, 0.05) is 17.0 Å². The molecule has 0 aliphatic heterocycles. The molecule has 0 spiro atoms. The number of ether oxygens (including phenoxy) is 1. The number of aromatic nitrogens is 2. The fraction of sp³-hybridized carbons (Fsp3) is 0.100. The van der Waals surface area contributed by atoms with Crippen LogP contribution in [0.1, 0.15) is 16.1 Å². The van der Waals surface area contributed by atoms with Gasteiger partial charge in [0.15, 0.2) is 0 Å². The molecule has 2 heterocycles. The van der Waals surface area contributed by atoms with E-state index in [0.29, 0.717) is 39.2 Å². The van der Waals surface area contributed by atoms with Gasteiger partial charge in [-0.25, -0.2) is 4.39 Å². The molecule has 0 aliphatic carbocycles. The van der Waals surface area contributed by atoms with E-state index in [1.54, 1.807) is 42.7 Å². The van der Waals surface area contributed by atoms with Crippen LogP contribution in [0.25, 0.3) is 22.2 Å². The highest BCUT2D eigenvalue weighted by Gasteiger charge is 2.18. The van der Waals surface area contributed by atoms with Crippen molar-refractivity contribution in [2.24, 2.45) is 0 Å². The lowest BCUT2D eigenvalue weighted by Gasteiger charge is -2.09. The topological polar surface area (TPSA) is 80.1 Å². The van der Waals surface area contributed by atoms with Crippen LogP contribution in [0.4, 0.5) is 4.39 Å². The van der Waals surface area contributed by atoms with Gasteiger partial charge in [-0.2, -0.15) is 5.10 Å². The first kappa shape index (κ1) is 16.8. The Kier molecular flexibility index (Phi) is 4.33. The molecular formula is C20H16FN3O3. The van der Waals surface area contributed by atoms with Crippen molar-refractivity contribution < 1.29 is 18.3 Å². The van der Waals surface area contributed by atoms with Gasteiger partial charge in [0.2, 0.25) is 0 Å². The number of amides is 1. The molecular weight excluding hydrogens is 349 g/mol. The third-order valence-corrected chi connectivity index (χ3v) is 4.23. The summed E-state index contributed by atoms with van der Waals surface area (Å²) in [6.45, 7) is 0.259. The monoisotopic (exact) mass is 365 g/mol. The molecule has 0 fully saturated rings. The van der Waals surface area contributed by atoms with Crippen LogP contribution in [0.3, 0.4) is 0 Å². The molecule has 0 radical (unpaired) electrons. The fourth-order valence-electron chi connectivity index (χ4n) is 2.92. The Bertz CT molecular complexity index is 1100. The lowest BCUT2D eigenvalue weighted by Crippen LogP contribution is -2.23. The van der Waals surface area contributed by atoms with Crippen LogP contribution in [-0.4, -0.2) is 23.2 Å². The molecule has 4 rings (SSSR count). The maximum atomic E-state index is 13.6. The first-order valence-corrected chi connectivity index (χ1v) is 8.28. The van der Waals surface area contributed by atoms with Crippen molar-refractivity contribution in [3.63, 3.8) is 0 Å². The van der Waals surface area contributed by atoms with Crippen LogP contribution in [-0.2, 0) is 6.54 Å². The molecule has 27 heavy (non-hydrogen) atoms. The summed E-state index contributed by atoms with van der Waals surface area (Å²) in [5.41, 5.74) is 2.23. The lowest BCUT2D eigenvalue weighted by atomic mass is 10.0. The van der Waals surface area contributed by atoms with Gasteiger partial charge in [0.25, 0.3) is 5.91 Å². The van der Waals surface area contributed by atoms with Crippen molar-refractivity contribution in [3.8, 4) is 17.0 Å². The largest absolute Gasteiger partial charge is 0.496 e. The molecule has 0 saturated heterocycles. The van der Waals surface area contributed by atoms with Gasteiger partial charge in [0.1, 0.15) is 23.0 Å². The van der Waals surface area contributed by atoms with E-state index in [1.807, 2.05) is 0 Å². The van der Waals surface area contributed by atoms with Crippen molar-refractivity contribution in [3.05, 3.63) is 71.9 Å². The minimum atomic E-state index is -0.353. The molecule has 136 valence electrons. The molecule has 4 aromatic rings. The molecule has 7 heteroatoms. The van der Waals surface area contributed by atoms with Crippen LogP contribution in [0.15, 0.2) is 59.2 Å². The second-order valence-electron chi connectivity index (χ2n) is 5.94. The van der Waals surface area contributed by atoms with Crippen molar-refractivity contribution >= 4 is 16.8 Å². The van der Waals surface area contributed by atoms with E-state index in [-0.39, 0.29) is 18.3 Å². The number of benzene rings is 2. The zero-order valence-electron chi connectivity index (χ0n) is 14.5. The first-order chi connectivity index (χ1) is 13.2. The van der Waals surface area contributed by atoms with E-state index < -0.39 is 0 Å². The Morgan fingerprint density at radius 1 is 1.26 bits per heavy atom. The number of hydrogen-bond acceptors (Lipinski definition) is 4. The number of halogens is 1. The van der Waals surface area contributed by atoms with Crippen LogP contribution in [0.5, 0.6) is 5.75 Å². The standard InChI is InChI=1S/C20H16FN3O3/c1-26-18-10-17-15(19(24-23-17)12-4-2-5-13(21)8-12)9-16(18)20(25)22-11-14-6-3-7-27-14/h2-10H,11H2,1H3,(H,22,25)(H,23,24). The predicted octanol–water partition coefficient (Wildman–Crippen LogP) is 3.90. The van der Waals surface area contributed by atoms with Crippen molar-refractivity contribution in [2.45, 2.75) is 6.54 Å². The van der Waals surface area contributed by atoms with E-state index in [0.717, 1.165) is 0 Å². The minimum Gasteiger partial charge on any atom is -0.496 e. The second-order valence-corrected chi connectivity index (χ2v) is 5.94. The highest BCUT2D eigenvalue weighted by molar-refractivity contribution is 6.04. The number of hydrogen-bond donors (Lipinski definition) is 2. The summed E-state index contributed by atoms with van der Waals surface area (Å²) >= 11 is 0. The van der Waals surface area contributed by atoms with Crippen LogP contribution in [0.2, 0.25) is 0 Å². The van der Waals surface area contributed by atoms with Gasteiger partial charge in [-0.05, 0) is 30.3 Å². The fourth-order valence-corrected chi connectivity index (χ4v) is 2.92. The molecule has 2 aromatic heterocycles. The molecule has 0 saturated carbocycles. The Balaban J connectivity index is 1.73. The van der Waals surface area contributed by atoms with Crippen molar-refractivity contribution in [1.29, 1.82) is 0 Å². The Labute approximate surface area is 154 Å². The van der Waals surface area contributed by atoms with E-state index in [2.05, 4.69) is 15.5 Å². The first-order valence-electron chi connectivity index (χ1n) is 8.28. The molecule has 6 nitrogen and oxygen atoms in total. The SMILES string of the molecule is COc1cc2[nH]nc(-c3cccc(F)c3)c2cc1C(=O)NCc1ccco1. The lowest BCUT2D eigenvalue weighted by molar-refractivity contribution is 0.0945. The quantitative estimate of drug-likeness (QED) is 0.562. The summed E-state index contributed by atoms with van der Waals surface area (Å²) in [4.78, 5) is 12.7. The number of methoxy groups -OCH3 is 1. The Hall–Kier alpha value is -3.61. The van der Waals surface area contributed by atoms with Crippen LogP contribution >= 0.6 is 0 Å². The number of H-pyrrole nitrogens is 1. The molecule has 0 bridgehead atoms. The number of carbonyl (C=O) groups is 1. The average Bonchev–Trinajstić information content (AvgIpc) is 3.34. The molecule has 0 aliphatic rings. The number of nitrogens with one attached hydrogen (secondary N) is 2. The molecule has 0 atom stereocenters. The molecule has 1 amide bonds. The number of aromatic amines is 1. The normalized spacial score (nSPS) is 10.9. The van der Waals surface area contributed by atoms with Gasteiger partial charge in [-0.3, -0.25) is 9.89 Å². The summed E-state index contributed by atoms with van der Waals surface area (Å²) in [6, 6.07) is 13.1. The summed E-state index contributed by atoms with van der Waals surface area (Å²) in [5, 5.41) is 10.7. The van der Waals surface area contributed by atoms with Gasteiger partial charge in [0.05, 0.1) is 31.0 Å². The van der Waals surface area contributed by atoms with E-state index in [4.69, 9.17) is 9.15 Å². The molecule has 0 unspecified atom stereocenters.